The topological polar surface area (TPSA) is 121 Å². The van der Waals surface area contributed by atoms with E-state index in [0.29, 0.717) is 27.8 Å². The van der Waals surface area contributed by atoms with Crippen molar-refractivity contribution in [3.63, 3.8) is 0 Å². The summed E-state index contributed by atoms with van der Waals surface area (Å²) in [5, 5.41) is 3.45. The van der Waals surface area contributed by atoms with Crippen LogP contribution in [0.5, 0.6) is 0 Å². The van der Waals surface area contributed by atoms with Crippen molar-refractivity contribution in [1.82, 2.24) is 9.97 Å². The van der Waals surface area contributed by atoms with Gasteiger partial charge in [0.2, 0.25) is 0 Å². The molecular formula is C17H14FN4O3S-. The molecule has 0 aliphatic heterocycles. The van der Waals surface area contributed by atoms with E-state index in [1.807, 2.05) is 0 Å². The summed E-state index contributed by atoms with van der Waals surface area (Å²) in [4.78, 5) is 19.8. The van der Waals surface area contributed by atoms with Crippen molar-refractivity contribution in [1.29, 1.82) is 0 Å². The molecule has 3 N–H and O–H groups in total. The molecule has 3 rings (SSSR count). The standard InChI is InChI=1S/C17H15FN4O3S/c1-9-2-10(8-26(24)25)3-13-15(9)21-7-14(17(19)23)16(13)22-12-4-11(18)5-20-6-12/h2-7H,8H2,1H3,(H2,19,23)(H,21,22)(H,24,25)/p-1. The number of halogens is 1. The van der Waals surface area contributed by atoms with Gasteiger partial charge < -0.3 is 15.6 Å². The Kier molecular flexibility index (Phi) is 4.92. The summed E-state index contributed by atoms with van der Waals surface area (Å²) in [6.07, 6.45) is 3.78. The van der Waals surface area contributed by atoms with Crippen LogP contribution in [0.2, 0.25) is 0 Å². The van der Waals surface area contributed by atoms with Gasteiger partial charge in [0, 0.05) is 23.4 Å². The van der Waals surface area contributed by atoms with E-state index in [-0.39, 0.29) is 11.3 Å². The number of nitrogens with one attached hydrogen (secondary N) is 1. The number of aromatic nitrogens is 2. The van der Waals surface area contributed by atoms with Crippen molar-refractivity contribution in [3.8, 4) is 0 Å². The van der Waals surface area contributed by atoms with Gasteiger partial charge in [-0.1, -0.05) is 17.1 Å². The van der Waals surface area contributed by atoms with Crippen LogP contribution in [-0.2, 0) is 16.8 Å². The Balaban J connectivity index is 2.24. The maximum Gasteiger partial charge on any atom is 0.252 e. The van der Waals surface area contributed by atoms with E-state index in [1.54, 1.807) is 19.1 Å². The molecule has 2 aromatic heterocycles. The molecule has 26 heavy (non-hydrogen) atoms. The van der Waals surface area contributed by atoms with Crippen LogP contribution in [0.15, 0.2) is 36.8 Å². The summed E-state index contributed by atoms with van der Waals surface area (Å²) in [6.45, 7) is 1.78. The second-order valence-corrected chi connectivity index (χ2v) is 6.58. The first-order chi connectivity index (χ1) is 12.3. The number of carbonyl (C=O) groups excluding carboxylic acids is 1. The van der Waals surface area contributed by atoms with Crippen LogP contribution in [0.3, 0.4) is 0 Å². The molecule has 1 unspecified atom stereocenters. The fraction of sp³-hybridized carbons (Fsp3) is 0.118. The van der Waals surface area contributed by atoms with Gasteiger partial charge in [0.15, 0.2) is 0 Å². The number of nitrogens with two attached hydrogens (primary N) is 1. The lowest BCUT2D eigenvalue weighted by molar-refractivity contribution is 0.100. The molecule has 0 bridgehead atoms. The zero-order valence-electron chi connectivity index (χ0n) is 13.7. The molecule has 3 aromatic rings. The average Bonchev–Trinajstić information content (AvgIpc) is 2.54. The maximum atomic E-state index is 13.4. The summed E-state index contributed by atoms with van der Waals surface area (Å²) in [5.74, 6) is -1.45. The highest BCUT2D eigenvalue weighted by Crippen LogP contribution is 2.31. The third-order valence-electron chi connectivity index (χ3n) is 3.75. The van der Waals surface area contributed by atoms with E-state index in [2.05, 4.69) is 15.3 Å². The summed E-state index contributed by atoms with van der Waals surface area (Å²) >= 11 is -2.27. The first kappa shape index (κ1) is 17.9. The Morgan fingerprint density at radius 1 is 1.31 bits per heavy atom. The maximum absolute atomic E-state index is 13.4. The third kappa shape index (κ3) is 3.68. The lowest BCUT2D eigenvalue weighted by atomic mass is 10.0. The molecule has 0 aliphatic rings. The van der Waals surface area contributed by atoms with Crippen LogP contribution in [-0.4, -0.2) is 24.6 Å². The number of anilines is 2. The second-order valence-electron chi connectivity index (χ2n) is 5.68. The minimum atomic E-state index is -2.27. The van der Waals surface area contributed by atoms with Gasteiger partial charge in [-0.2, -0.15) is 0 Å². The van der Waals surface area contributed by atoms with Gasteiger partial charge in [0.25, 0.3) is 5.91 Å². The van der Waals surface area contributed by atoms with E-state index in [9.17, 15) is 17.9 Å². The molecule has 0 spiro atoms. The molecule has 9 heteroatoms. The Morgan fingerprint density at radius 2 is 2.08 bits per heavy atom. The molecule has 0 radical (unpaired) electrons. The Morgan fingerprint density at radius 3 is 2.73 bits per heavy atom. The van der Waals surface area contributed by atoms with Gasteiger partial charge in [0.1, 0.15) is 5.82 Å². The van der Waals surface area contributed by atoms with Crippen LogP contribution in [0.1, 0.15) is 21.5 Å². The van der Waals surface area contributed by atoms with Gasteiger partial charge in [-0.3, -0.25) is 19.0 Å². The number of pyridine rings is 2. The first-order valence-corrected chi connectivity index (χ1v) is 8.75. The smallest absolute Gasteiger partial charge is 0.252 e. The van der Waals surface area contributed by atoms with Crippen LogP contribution >= 0.6 is 0 Å². The van der Waals surface area contributed by atoms with Crippen molar-refractivity contribution in [2.75, 3.05) is 5.32 Å². The normalized spacial score (nSPS) is 12.1. The number of aryl methyl sites for hydroxylation is 1. The number of hydrogen-bond acceptors (Lipinski definition) is 6. The van der Waals surface area contributed by atoms with Crippen molar-refractivity contribution >= 4 is 39.3 Å². The van der Waals surface area contributed by atoms with Crippen LogP contribution in [0.4, 0.5) is 15.8 Å². The molecule has 0 fully saturated rings. The molecule has 0 saturated carbocycles. The number of benzene rings is 1. The van der Waals surface area contributed by atoms with E-state index >= 15 is 0 Å². The largest absolute Gasteiger partial charge is 0.772 e. The van der Waals surface area contributed by atoms with Gasteiger partial charge in [-0.05, 0) is 24.1 Å². The van der Waals surface area contributed by atoms with Crippen molar-refractivity contribution in [2.24, 2.45) is 5.73 Å². The molecule has 134 valence electrons. The minimum absolute atomic E-state index is 0.0987. The summed E-state index contributed by atoms with van der Waals surface area (Å²) in [6, 6.07) is 4.54. The van der Waals surface area contributed by atoms with E-state index in [4.69, 9.17) is 5.73 Å². The summed E-state index contributed by atoms with van der Waals surface area (Å²) in [5.41, 5.74) is 8.01. The zero-order valence-corrected chi connectivity index (χ0v) is 14.5. The summed E-state index contributed by atoms with van der Waals surface area (Å²) < 4.78 is 35.5. The highest BCUT2D eigenvalue weighted by atomic mass is 32.2. The van der Waals surface area contributed by atoms with Crippen molar-refractivity contribution in [3.05, 3.63) is 59.3 Å². The SMILES string of the molecule is Cc1cc(CS(=O)[O-])cc2c(Nc3cncc(F)c3)c(C(N)=O)cnc12. The van der Waals surface area contributed by atoms with Crippen LogP contribution < -0.4 is 11.1 Å². The second kappa shape index (κ2) is 7.14. The Bertz CT molecular complexity index is 1040. The predicted molar refractivity (Wildman–Crippen MR) is 95.1 cm³/mol. The number of fused-ring (bicyclic) bond motifs is 1. The molecule has 2 heterocycles. The number of carbonyl (C=O) groups is 1. The minimum Gasteiger partial charge on any atom is -0.772 e. The lowest BCUT2D eigenvalue weighted by Crippen LogP contribution is -2.14. The Hall–Kier alpha value is -2.91. The molecule has 7 nitrogen and oxygen atoms in total. The molecular weight excluding hydrogens is 359 g/mol. The molecule has 0 saturated heterocycles. The van der Waals surface area contributed by atoms with Gasteiger partial charge in [-0.25, -0.2) is 4.39 Å². The van der Waals surface area contributed by atoms with Crippen LogP contribution in [0, 0.1) is 12.7 Å². The highest BCUT2D eigenvalue weighted by molar-refractivity contribution is 7.78. The lowest BCUT2D eigenvalue weighted by Gasteiger charge is -2.16. The first-order valence-electron chi connectivity index (χ1n) is 7.50. The van der Waals surface area contributed by atoms with Crippen molar-refractivity contribution < 1.29 is 17.9 Å². The predicted octanol–water partition coefficient (Wildman–Crippen LogP) is 2.30. The van der Waals surface area contributed by atoms with Crippen LogP contribution in [0.25, 0.3) is 10.9 Å². The van der Waals surface area contributed by atoms with E-state index in [1.165, 1.54) is 18.5 Å². The Labute approximate surface area is 150 Å². The van der Waals surface area contributed by atoms with Gasteiger partial charge in [-0.15, -0.1) is 0 Å². The highest BCUT2D eigenvalue weighted by Gasteiger charge is 2.16. The molecule has 1 atom stereocenters. The number of amides is 1. The van der Waals surface area contributed by atoms with Gasteiger partial charge in [0.05, 0.1) is 34.8 Å². The van der Waals surface area contributed by atoms with E-state index < -0.39 is 22.8 Å². The summed E-state index contributed by atoms with van der Waals surface area (Å²) in [7, 11) is 0. The molecule has 1 aromatic carbocycles. The number of primary amides is 1. The average molecular weight is 373 g/mol. The third-order valence-corrected chi connectivity index (χ3v) is 4.31. The van der Waals surface area contributed by atoms with Crippen molar-refractivity contribution in [2.45, 2.75) is 12.7 Å². The number of nitrogens with zero attached hydrogens (tertiary/aromatic N) is 2. The fourth-order valence-corrected chi connectivity index (χ4v) is 3.16. The van der Waals surface area contributed by atoms with Gasteiger partial charge >= 0.3 is 0 Å². The zero-order chi connectivity index (χ0) is 18.8. The number of hydrogen-bond donors (Lipinski definition) is 2. The monoisotopic (exact) mass is 373 g/mol. The quantitative estimate of drug-likeness (QED) is 0.662. The molecule has 1 amide bonds. The number of rotatable bonds is 5. The fourth-order valence-electron chi connectivity index (χ4n) is 2.72. The molecule has 0 aliphatic carbocycles. The van der Waals surface area contributed by atoms with E-state index in [0.717, 1.165) is 11.8 Å².